The number of esters is 4. The number of hydrogen-bond acceptors (Lipinski definition) is 15. The molecule has 0 fully saturated rings. The van der Waals surface area contributed by atoms with Gasteiger partial charge in [-0.1, -0.05) is 253 Å². The highest BCUT2D eigenvalue weighted by atomic mass is 31.2. The van der Waals surface area contributed by atoms with Crippen molar-refractivity contribution < 1.29 is 80.2 Å². The van der Waals surface area contributed by atoms with Gasteiger partial charge in [0, 0.05) is 25.7 Å². The molecule has 3 unspecified atom stereocenters. The second kappa shape index (κ2) is 54.7. The van der Waals surface area contributed by atoms with E-state index >= 15 is 0 Å². The summed E-state index contributed by atoms with van der Waals surface area (Å²) in [5.41, 5.74) is 0. The molecule has 19 heteroatoms. The monoisotopic (exact) mass is 1200 g/mol. The van der Waals surface area contributed by atoms with Gasteiger partial charge in [-0.15, -0.1) is 0 Å². The van der Waals surface area contributed by atoms with Gasteiger partial charge in [0.15, 0.2) is 12.2 Å². The summed E-state index contributed by atoms with van der Waals surface area (Å²) in [6.45, 7) is 9.38. The number of hydrogen-bond donors (Lipinski definition) is 3. The molecule has 0 heterocycles. The highest BCUT2D eigenvalue weighted by Gasteiger charge is 2.30. The van der Waals surface area contributed by atoms with Crippen LogP contribution in [0.4, 0.5) is 0 Å². The summed E-state index contributed by atoms with van der Waals surface area (Å²) in [6.07, 6.45) is 36.2. The molecule has 0 saturated carbocycles. The molecule has 0 aliphatic heterocycles. The third-order valence-corrected chi connectivity index (χ3v) is 16.5. The first-order chi connectivity index (χ1) is 38.9. The number of aliphatic hydroxyl groups is 1. The third-order valence-electron chi connectivity index (χ3n) is 14.6. The third kappa shape index (κ3) is 55.7. The second-order valence-corrected chi connectivity index (χ2v) is 26.1. The fourth-order valence-electron chi connectivity index (χ4n) is 9.15. The largest absolute Gasteiger partial charge is 0.472 e. The van der Waals surface area contributed by atoms with Crippen molar-refractivity contribution in [2.75, 3.05) is 39.6 Å². The summed E-state index contributed by atoms with van der Waals surface area (Å²) in [6, 6.07) is 0. The van der Waals surface area contributed by atoms with Crippen LogP contribution in [0.15, 0.2) is 0 Å². The van der Waals surface area contributed by atoms with Crippen molar-refractivity contribution in [1.82, 2.24) is 0 Å². The lowest BCUT2D eigenvalue weighted by atomic mass is 10.00. The molecule has 480 valence electrons. The van der Waals surface area contributed by atoms with E-state index in [0.717, 1.165) is 108 Å². The Kier molecular flexibility index (Phi) is 53.4. The van der Waals surface area contributed by atoms with E-state index in [4.69, 9.17) is 37.0 Å². The number of rotatable bonds is 61. The van der Waals surface area contributed by atoms with Crippen LogP contribution in [0.1, 0.15) is 305 Å². The van der Waals surface area contributed by atoms with Crippen LogP contribution in [0.3, 0.4) is 0 Å². The lowest BCUT2D eigenvalue weighted by Gasteiger charge is -2.21. The van der Waals surface area contributed by atoms with Gasteiger partial charge in [0.25, 0.3) is 0 Å². The fraction of sp³-hybridized carbons (Fsp3) is 0.935. The number of phosphoric acid groups is 2. The fourth-order valence-corrected chi connectivity index (χ4v) is 10.7. The minimum absolute atomic E-state index is 0.103. The number of unbranched alkanes of at least 4 members (excludes halogenated alkanes) is 30. The lowest BCUT2D eigenvalue weighted by Crippen LogP contribution is -2.30. The van der Waals surface area contributed by atoms with E-state index in [1.165, 1.54) is 116 Å². The topological polar surface area (TPSA) is 237 Å². The van der Waals surface area contributed by atoms with Crippen molar-refractivity contribution in [3.8, 4) is 0 Å². The van der Waals surface area contributed by atoms with Crippen LogP contribution in [0.5, 0.6) is 0 Å². The van der Waals surface area contributed by atoms with Crippen LogP contribution in [-0.2, 0) is 65.4 Å². The summed E-state index contributed by atoms with van der Waals surface area (Å²) in [5, 5.41) is 10.5. The Hall–Kier alpha value is -1.94. The summed E-state index contributed by atoms with van der Waals surface area (Å²) in [7, 11) is -9.88. The Balaban J connectivity index is 5.24. The number of carbonyl (C=O) groups excluding carboxylic acids is 4. The van der Waals surface area contributed by atoms with Gasteiger partial charge in [0.1, 0.15) is 19.3 Å². The summed E-state index contributed by atoms with van der Waals surface area (Å²) >= 11 is 0. The predicted molar refractivity (Wildman–Crippen MR) is 321 cm³/mol. The molecule has 0 bridgehead atoms. The summed E-state index contributed by atoms with van der Waals surface area (Å²) in [4.78, 5) is 72.0. The van der Waals surface area contributed by atoms with E-state index in [0.29, 0.717) is 25.7 Å². The van der Waals surface area contributed by atoms with Crippen LogP contribution in [-0.4, -0.2) is 96.7 Å². The molecule has 0 aliphatic rings. The van der Waals surface area contributed by atoms with E-state index in [9.17, 15) is 43.2 Å². The standard InChI is InChI=1S/C62H120O17P2/c1-7-10-12-14-16-18-19-22-26-33-39-45-60(65)73-50-57(78-61(66)46-40-34-27-23-20-21-24-30-36-42-54(4)5)52-76-80(68,69)74-48-56(63)49-75-81(70,71)77-53-58(51-72-59(64)44-38-32-25-17-15-13-11-8-2)79-62(67)47-41-35-29-28-31-37-43-55(6)9-3/h54-58,63H,7-53H2,1-6H3,(H,68,69)(H,70,71)/t55?,56-,57-,58-/m1/s1. The molecule has 0 aromatic rings. The van der Waals surface area contributed by atoms with Gasteiger partial charge in [0.05, 0.1) is 26.4 Å². The van der Waals surface area contributed by atoms with E-state index in [-0.39, 0.29) is 25.7 Å². The molecule has 3 N–H and O–H groups in total. The van der Waals surface area contributed by atoms with E-state index in [2.05, 4.69) is 41.5 Å². The molecule has 0 amide bonds. The molecule has 6 atom stereocenters. The molecule has 0 aliphatic carbocycles. The van der Waals surface area contributed by atoms with Crippen LogP contribution >= 0.6 is 15.6 Å². The maximum atomic E-state index is 13.0. The molecular weight excluding hydrogens is 1080 g/mol. The zero-order valence-corrected chi connectivity index (χ0v) is 53.9. The van der Waals surface area contributed by atoms with Gasteiger partial charge in [-0.25, -0.2) is 9.13 Å². The Morgan fingerprint density at radius 1 is 0.358 bits per heavy atom. The second-order valence-electron chi connectivity index (χ2n) is 23.2. The van der Waals surface area contributed by atoms with Crippen molar-refractivity contribution in [2.45, 2.75) is 323 Å². The quantitative estimate of drug-likeness (QED) is 0.0222. The Labute approximate surface area is 492 Å². The minimum atomic E-state index is -4.94. The van der Waals surface area contributed by atoms with Crippen molar-refractivity contribution in [2.24, 2.45) is 11.8 Å². The van der Waals surface area contributed by atoms with Gasteiger partial charge in [0.2, 0.25) is 0 Å². The number of aliphatic hydroxyl groups excluding tert-OH is 1. The van der Waals surface area contributed by atoms with Crippen LogP contribution in [0, 0.1) is 11.8 Å². The van der Waals surface area contributed by atoms with E-state index in [1.54, 1.807) is 0 Å². The van der Waals surface area contributed by atoms with Crippen LogP contribution in [0.2, 0.25) is 0 Å². The Morgan fingerprint density at radius 3 is 0.938 bits per heavy atom. The summed E-state index contributed by atoms with van der Waals surface area (Å²) < 4.78 is 67.8. The highest BCUT2D eigenvalue weighted by Crippen LogP contribution is 2.45. The summed E-state index contributed by atoms with van der Waals surface area (Å²) in [5.74, 6) is -0.684. The molecule has 0 radical (unpaired) electrons. The molecule has 0 aromatic heterocycles. The molecule has 0 spiro atoms. The zero-order chi connectivity index (χ0) is 60.1. The first kappa shape index (κ1) is 79.1. The molecule has 17 nitrogen and oxygen atoms in total. The minimum Gasteiger partial charge on any atom is -0.462 e. The van der Waals surface area contributed by atoms with Crippen molar-refractivity contribution in [3.05, 3.63) is 0 Å². The van der Waals surface area contributed by atoms with Crippen molar-refractivity contribution >= 4 is 39.5 Å². The normalized spacial score (nSPS) is 14.7. The average Bonchev–Trinajstić information content (AvgIpc) is 3.43. The smallest absolute Gasteiger partial charge is 0.462 e. The van der Waals surface area contributed by atoms with Gasteiger partial charge < -0.3 is 33.8 Å². The SMILES string of the molecule is CCCCCCCCCCCCCC(=O)OC[C@H](COP(=O)(O)OC[C@@H](O)COP(=O)(O)OC[C@@H](COC(=O)CCCCCCCCCC)OC(=O)CCCCCCCCC(C)CC)OC(=O)CCCCCCCCCCCC(C)C. The van der Waals surface area contributed by atoms with Crippen molar-refractivity contribution in [1.29, 1.82) is 0 Å². The maximum Gasteiger partial charge on any atom is 0.472 e. The molecule has 0 rings (SSSR count). The molecule has 81 heavy (non-hydrogen) atoms. The van der Waals surface area contributed by atoms with Crippen LogP contribution in [0.25, 0.3) is 0 Å². The van der Waals surface area contributed by atoms with E-state index < -0.39 is 97.5 Å². The van der Waals surface area contributed by atoms with Gasteiger partial charge >= 0.3 is 39.5 Å². The number of phosphoric ester groups is 2. The number of ether oxygens (including phenoxy) is 4. The zero-order valence-electron chi connectivity index (χ0n) is 52.1. The first-order valence-electron chi connectivity index (χ1n) is 32.5. The number of carbonyl (C=O) groups is 4. The highest BCUT2D eigenvalue weighted by molar-refractivity contribution is 7.47. The molecular formula is C62H120O17P2. The first-order valence-corrected chi connectivity index (χ1v) is 35.5. The van der Waals surface area contributed by atoms with Crippen molar-refractivity contribution in [3.63, 3.8) is 0 Å². The van der Waals surface area contributed by atoms with Crippen LogP contribution < -0.4 is 0 Å². The average molecular weight is 1200 g/mol. The Morgan fingerprint density at radius 2 is 0.630 bits per heavy atom. The molecule has 0 saturated heterocycles. The van der Waals surface area contributed by atoms with E-state index in [1.807, 2.05) is 0 Å². The van der Waals surface area contributed by atoms with Gasteiger partial charge in [-0.05, 0) is 37.5 Å². The lowest BCUT2D eigenvalue weighted by molar-refractivity contribution is -0.161. The van der Waals surface area contributed by atoms with Gasteiger partial charge in [-0.3, -0.25) is 37.3 Å². The van der Waals surface area contributed by atoms with Gasteiger partial charge in [-0.2, -0.15) is 0 Å². The predicted octanol–water partition coefficient (Wildman–Crippen LogP) is 16.9. The maximum absolute atomic E-state index is 13.0. The Bertz CT molecular complexity index is 1600. The molecule has 0 aromatic carbocycles.